The Morgan fingerprint density at radius 1 is 1.09 bits per heavy atom. The fourth-order valence-electron chi connectivity index (χ4n) is 4.48. The number of hydrogen-bond acceptors (Lipinski definition) is 5. The molecule has 0 bridgehead atoms. The monoisotopic (exact) mass is 481 g/mol. The van der Waals surface area contributed by atoms with Gasteiger partial charge in [-0.25, -0.2) is 13.1 Å². The summed E-state index contributed by atoms with van der Waals surface area (Å²) in [5.41, 5.74) is 5.13. The average Bonchev–Trinajstić information content (AvgIpc) is 3.35. The lowest BCUT2D eigenvalue weighted by molar-refractivity contribution is -0.115. The molecule has 0 saturated heterocycles. The van der Waals surface area contributed by atoms with Crippen LogP contribution < -0.4 is 10.2 Å². The molecule has 2 aromatic carbocycles. The van der Waals surface area contributed by atoms with E-state index in [1.807, 2.05) is 73.7 Å². The zero-order valence-electron chi connectivity index (χ0n) is 20.1. The van der Waals surface area contributed by atoms with Crippen LogP contribution in [0.4, 0.5) is 11.4 Å². The third-order valence-electron chi connectivity index (χ3n) is 6.28. The lowest BCUT2D eigenvalue weighted by atomic mass is 10.2. The van der Waals surface area contributed by atoms with Crippen molar-refractivity contribution in [2.45, 2.75) is 39.0 Å². The highest BCUT2D eigenvalue weighted by Crippen LogP contribution is 2.31. The highest BCUT2D eigenvalue weighted by atomic mass is 32.2. The standard InChI is InChI=1S/C25H31N5O3S/c1-5-29(6-2)34(32,33)22-12-13-23-20(16-22)14-15-28(23)17-24(31)26-25-18(3)27-30(19(25)4)21-10-8-7-9-11-21/h7-13,16H,5-6,14-15,17H2,1-4H3,(H,26,31). The molecule has 1 aromatic heterocycles. The van der Waals surface area contributed by atoms with E-state index in [-0.39, 0.29) is 12.5 Å². The van der Waals surface area contributed by atoms with Gasteiger partial charge in [-0.3, -0.25) is 4.79 Å². The number of rotatable bonds is 8. The Kier molecular flexibility index (Phi) is 6.77. The first-order chi connectivity index (χ1) is 16.3. The lowest BCUT2D eigenvalue weighted by Crippen LogP contribution is -2.32. The largest absolute Gasteiger partial charge is 0.362 e. The van der Waals surface area contributed by atoms with Gasteiger partial charge >= 0.3 is 0 Å². The molecule has 9 heteroatoms. The molecule has 1 N–H and O–H groups in total. The minimum absolute atomic E-state index is 0.133. The predicted molar refractivity (Wildman–Crippen MR) is 134 cm³/mol. The second kappa shape index (κ2) is 9.60. The van der Waals surface area contributed by atoms with Crippen molar-refractivity contribution in [2.75, 3.05) is 36.4 Å². The van der Waals surface area contributed by atoms with Crippen LogP contribution in [0, 0.1) is 13.8 Å². The molecule has 180 valence electrons. The maximum absolute atomic E-state index is 12.9. The number of carbonyl (C=O) groups excluding carboxylic acids is 1. The Balaban J connectivity index is 1.49. The SMILES string of the molecule is CCN(CC)S(=O)(=O)c1ccc2c(c1)CCN2CC(=O)Nc1c(C)nn(-c2ccccc2)c1C. The maximum Gasteiger partial charge on any atom is 0.243 e. The number of aryl methyl sites for hydroxylation is 1. The summed E-state index contributed by atoms with van der Waals surface area (Å²) in [7, 11) is -3.51. The number of nitrogens with one attached hydrogen (secondary N) is 1. The van der Waals surface area contributed by atoms with Gasteiger partial charge in [-0.1, -0.05) is 32.0 Å². The number of hydrogen-bond donors (Lipinski definition) is 1. The van der Waals surface area contributed by atoms with E-state index < -0.39 is 10.0 Å². The van der Waals surface area contributed by atoms with E-state index in [1.54, 1.807) is 12.1 Å². The van der Waals surface area contributed by atoms with Crippen LogP contribution in [0.2, 0.25) is 0 Å². The number of carbonyl (C=O) groups is 1. The first-order valence-electron chi connectivity index (χ1n) is 11.6. The molecule has 0 spiro atoms. The van der Waals surface area contributed by atoms with Crippen molar-refractivity contribution in [1.29, 1.82) is 0 Å². The summed E-state index contributed by atoms with van der Waals surface area (Å²) in [4.78, 5) is 15.2. The van der Waals surface area contributed by atoms with Gasteiger partial charge in [0.05, 0.1) is 34.2 Å². The van der Waals surface area contributed by atoms with Crippen molar-refractivity contribution in [3.05, 3.63) is 65.5 Å². The van der Waals surface area contributed by atoms with E-state index in [9.17, 15) is 13.2 Å². The van der Waals surface area contributed by atoms with Gasteiger partial charge in [0.2, 0.25) is 15.9 Å². The molecule has 0 unspecified atom stereocenters. The van der Waals surface area contributed by atoms with Crippen molar-refractivity contribution < 1.29 is 13.2 Å². The summed E-state index contributed by atoms with van der Waals surface area (Å²) in [6.07, 6.45) is 0.703. The van der Waals surface area contributed by atoms with Crippen LogP contribution in [0.25, 0.3) is 5.69 Å². The van der Waals surface area contributed by atoms with Crippen LogP contribution in [-0.2, 0) is 21.2 Å². The fourth-order valence-corrected chi connectivity index (χ4v) is 5.99. The van der Waals surface area contributed by atoms with Crippen LogP contribution in [-0.4, -0.2) is 54.6 Å². The van der Waals surface area contributed by atoms with Crippen LogP contribution in [0.3, 0.4) is 0 Å². The zero-order chi connectivity index (χ0) is 24.5. The summed E-state index contributed by atoms with van der Waals surface area (Å²) in [5.74, 6) is -0.133. The molecule has 0 radical (unpaired) electrons. The normalized spacial score (nSPS) is 13.4. The topological polar surface area (TPSA) is 87.5 Å². The highest BCUT2D eigenvalue weighted by molar-refractivity contribution is 7.89. The molecule has 1 amide bonds. The number of benzene rings is 2. The molecule has 1 aliphatic heterocycles. The first kappa shape index (κ1) is 24.0. The number of fused-ring (bicyclic) bond motifs is 1. The molecular weight excluding hydrogens is 450 g/mol. The second-order valence-corrected chi connectivity index (χ2v) is 10.3. The van der Waals surface area contributed by atoms with Gasteiger partial charge in [0.15, 0.2) is 0 Å². The number of aromatic nitrogens is 2. The van der Waals surface area contributed by atoms with Crippen molar-refractivity contribution in [3.63, 3.8) is 0 Å². The molecule has 0 saturated carbocycles. The van der Waals surface area contributed by atoms with Gasteiger partial charge in [0.1, 0.15) is 0 Å². The Morgan fingerprint density at radius 2 is 1.79 bits per heavy atom. The second-order valence-electron chi connectivity index (χ2n) is 8.39. The quantitative estimate of drug-likeness (QED) is 0.532. The number of para-hydroxylation sites is 1. The number of amides is 1. The molecule has 8 nitrogen and oxygen atoms in total. The minimum atomic E-state index is -3.51. The molecule has 0 aliphatic carbocycles. The van der Waals surface area contributed by atoms with Crippen molar-refractivity contribution in [2.24, 2.45) is 0 Å². The molecule has 4 rings (SSSR count). The van der Waals surface area contributed by atoms with E-state index in [2.05, 4.69) is 10.4 Å². The number of nitrogens with zero attached hydrogens (tertiary/aromatic N) is 4. The number of anilines is 2. The van der Waals surface area contributed by atoms with E-state index >= 15 is 0 Å². The van der Waals surface area contributed by atoms with Crippen LogP contribution in [0.1, 0.15) is 30.8 Å². The highest BCUT2D eigenvalue weighted by Gasteiger charge is 2.27. The van der Waals surface area contributed by atoms with E-state index in [0.29, 0.717) is 36.6 Å². The number of sulfonamides is 1. The smallest absolute Gasteiger partial charge is 0.243 e. The van der Waals surface area contributed by atoms with Gasteiger partial charge in [-0.2, -0.15) is 9.40 Å². The summed E-state index contributed by atoms with van der Waals surface area (Å²) < 4.78 is 29.0. The predicted octanol–water partition coefficient (Wildman–Crippen LogP) is 3.52. The maximum atomic E-state index is 12.9. The van der Waals surface area contributed by atoms with Crippen molar-refractivity contribution in [1.82, 2.24) is 14.1 Å². The summed E-state index contributed by atoms with van der Waals surface area (Å²) in [5, 5.41) is 7.62. The third kappa shape index (κ3) is 4.45. The molecule has 0 fully saturated rings. The minimum Gasteiger partial charge on any atom is -0.362 e. The zero-order valence-corrected chi connectivity index (χ0v) is 20.9. The molecule has 3 aromatic rings. The van der Waals surface area contributed by atoms with Crippen LogP contribution in [0.15, 0.2) is 53.4 Å². The first-order valence-corrected chi connectivity index (χ1v) is 13.0. The molecular formula is C25H31N5O3S. The van der Waals surface area contributed by atoms with Gasteiger partial charge in [0, 0.05) is 25.3 Å². The molecule has 34 heavy (non-hydrogen) atoms. The van der Waals surface area contributed by atoms with Gasteiger partial charge < -0.3 is 10.2 Å². The molecule has 0 atom stereocenters. The average molecular weight is 482 g/mol. The third-order valence-corrected chi connectivity index (χ3v) is 8.32. The Labute approximate surface area is 201 Å². The van der Waals surface area contributed by atoms with Crippen LogP contribution >= 0.6 is 0 Å². The van der Waals surface area contributed by atoms with E-state index in [0.717, 1.165) is 28.3 Å². The van der Waals surface area contributed by atoms with Gasteiger partial charge in [-0.05, 0) is 56.2 Å². The summed E-state index contributed by atoms with van der Waals surface area (Å²) in [6.45, 7) is 9.20. The molecule has 1 aliphatic rings. The Morgan fingerprint density at radius 3 is 2.47 bits per heavy atom. The summed E-state index contributed by atoms with van der Waals surface area (Å²) >= 11 is 0. The van der Waals surface area contributed by atoms with Crippen LogP contribution in [0.5, 0.6) is 0 Å². The van der Waals surface area contributed by atoms with Crippen molar-refractivity contribution >= 4 is 27.3 Å². The molecule has 2 heterocycles. The van der Waals surface area contributed by atoms with E-state index in [1.165, 1.54) is 4.31 Å². The Bertz CT molecular complexity index is 1300. The Hall–Kier alpha value is -3.17. The fraction of sp³-hybridized carbons (Fsp3) is 0.360. The van der Waals surface area contributed by atoms with Gasteiger partial charge in [0.25, 0.3) is 0 Å². The van der Waals surface area contributed by atoms with E-state index in [4.69, 9.17) is 0 Å². The lowest BCUT2D eigenvalue weighted by Gasteiger charge is -2.21. The summed E-state index contributed by atoms with van der Waals surface area (Å²) in [6, 6.07) is 15.0. The van der Waals surface area contributed by atoms with Crippen molar-refractivity contribution in [3.8, 4) is 5.69 Å². The van der Waals surface area contributed by atoms with Gasteiger partial charge in [-0.15, -0.1) is 0 Å².